The van der Waals surface area contributed by atoms with E-state index in [2.05, 4.69) is 10.6 Å². The Kier molecular flexibility index (Phi) is 5.07. The Morgan fingerprint density at radius 1 is 1.32 bits per heavy atom. The van der Waals surface area contributed by atoms with Gasteiger partial charge in [-0.3, -0.25) is 9.00 Å². The zero-order valence-corrected chi connectivity index (χ0v) is 11.4. The van der Waals surface area contributed by atoms with Gasteiger partial charge in [0.05, 0.1) is 0 Å². The lowest BCUT2D eigenvalue weighted by molar-refractivity contribution is -0.117. The van der Waals surface area contributed by atoms with Crippen LogP contribution in [0.2, 0.25) is 0 Å². The quantitative estimate of drug-likeness (QED) is 0.814. The molecule has 1 amide bonds. The number of amides is 1. The second kappa shape index (κ2) is 6.79. The highest BCUT2D eigenvalue weighted by atomic mass is 32.2. The molecule has 2 N–H and O–H groups in total. The second-order valence-corrected chi connectivity index (χ2v) is 5.65. The number of carbonyl (C=O) groups excluding carboxylic acids is 1. The first-order valence-corrected chi connectivity index (χ1v) is 7.42. The molecule has 0 aromatic heterocycles. The van der Waals surface area contributed by atoms with E-state index in [1.807, 2.05) is 0 Å². The minimum atomic E-state index is -2.23. The molecular weight excluding hydrogens is 264 g/mol. The summed E-state index contributed by atoms with van der Waals surface area (Å²) >= 11 is -2.23. The van der Waals surface area contributed by atoms with Gasteiger partial charge < -0.3 is 15.2 Å². The molecule has 1 saturated heterocycles. The van der Waals surface area contributed by atoms with Crippen LogP contribution < -0.4 is 10.6 Å². The van der Waals surface area contributed by atoms with Gasteiger partial charge in [-0.15, -0.1) is 0 Å². The topological polar surface area (TPSA) is 81.3 Å². The van der Waals surface area contributed by atoms with Crippen molar-refractivity contribution in [1.29, 1.82) is 0 Å². The lowest BCUT2D eigenvalue weighted by Crippen LogP contribution is -2.30. The number of nitrogens with one attached hydrogen (secondary N) is 2. The molecule has 1 atom stereocenters. The van der Waals surface area contributed by atoms with Gasteiger partial charge in [-0.2, -0.15) is 0 Å². The number of hydrogen-bond acceptors (Lipinski definition) is 4. The highest BCUT2D eigenvalue weighted by Gasteiger charge is 2.16. The summed E-state index contributed by atoms with van der Waals surface area (Å²) < 4.78 is 21.4. The summed E-state index contributed by atoms with van der Waals surface area (Å²) in [6, 6.07) is 6.16. The normalized spacial score (nSPS) is 17.9. The zero-order chi connectivity index (χ0) is 13.7. The molecule has 0 saturated carbocycles. The Labute approximate surface area is 115 Å². The summed E-state index contributed by atoms with van der Waals surface area (Å²) in [6.45, 7) is 1.95. The van der Waals surface area contributed by atoms with Gasteiger partial charge in [-0.1, -0.05) is 0 Å². The van der Waals surface area contributed by atoms with Crippen molar-refractivity contribution in [2.75, 3.05) is 18.4 Å². The van der Waals surface area contributed by atoms with Crippen molar-refractivity contribution in [2.24, 2.45) is 5.92 Å². The van der Waals surface area contributed by atoms with E-state index in [0.29, 0.717) is 18.0 Å². The number of hydrogen-bond donors (Lipinski definition) is 2. The van der Waals surface area contributed by atoms with Crippen molar-refractivity contribution in [3.63, 3.8) is 0 Å². The average molecular weight is 281 g/mol. The van der Waals surface area contributed by atoms with Gasteiger partial charge in [0.2, 0.25) is 5.91 Å². The van der Waals surface area contributed by atoms with Crippen LogP contribution >= 0.6 is 0 Å². The first kappa shape index (κ1) is 14.2. The van der Waals surface area contributed by atoms with Crippen LogP contribution in [-0.4, -0.2) is 27.8 Å². The number of benzene rings is 1. The van der Waals surface area contributed by atoms with Gasteiger partial charge in [0.1, 0.15) is 0 Å². The Morgan fingerprint density at radius 3 is 2.53 bits per heavy atom. The number of rotatable bonds is 4. The third kappa shape index (κ3) is 4.41. The summed E-state index contributed by atoms with van der Waals surface area (Å²) in [5.41, 5.74) is 0.633. The van der Waals surface area contributed by atoms with Crippen molar-refractivity contribution < 1.29 is 13.6 Å². The van der Waals surface area contributed by atoms with Crippen molar-refractivity contribution >= 4 is 22.7 Å². The van der Waals surface area contributed by atoms with E-state index in [0.717, 1.165) is 25.9 Å². The molecule has 0 bridgehead atoms. The van der Waals surface area contributed by atoms with Crippen molar-refractivity contribution in [1.82, 2.24) is 5.32 Å². The largest absolute Gasteiger partial charge is 0.768 e. The number of carbonyl (C=O) groups is 1. The molecule has 1 fully saturated rings. The van der Waals surface area contributed by atoms with Crippen molar-refractivity contribution in [3.8, 4) is 0 Å². The Bertz CT molecular complexity index is 455. The monoisotopic (exact) mass is 281 g/mol. The lowest BCUT2D eigenvalue weighted by atomic mass is 9.94. The first-order valence-electron chi connectivity index (χ1n) is 6.35. The summed E-state index contributed by atoms with van der Waals surface area (Å²) in [4.78, 5) is 12.1. The van der Waals surface area contributed by atoms with Crippen LogP contribution in [-0.2, 0) is 15.9 Å². The van der Waals surface area contributed by atoms with E-state index in [1.165, 1.54) is 12.1 Å². The van der Waals surface area contributed by atoms with Crippen LogP contribution in [0.15, 0.2) is 29.2 Å². The minimum Gasteiger partial charge on any atom is -0.768 e. The fourth-order valence-corrected chi connectivity index (χ4v) is 2.57. The summed E-state index contributed by atoms with van der Waals surface area (Å²) in [5, 5.41) is 6.06. The van der Waals surface area contributed by atoms with E-state index in [9.17, 15) is 13.6 Å². The minimum absolute atomic E-state index is 0.0112. The molecule has 0 aliphatic carbocycles. The molecule has 1 aromatic carbocycles. The van der Waals surface area contributed by atoms with E-state index in [-0.39, 0.29) is 10.8 Å². The fraction of sp³-hybridized carbons (Fsp3) is 0.462. The molecule has 19 heavy (non-hydrogen) atoms. The highest BCUT2D eigenvalue weighted by molar-refractivity contribution is 7.79. The molecule has 1 aliphatic heterocycles. The molecule has 0 radical (unpaired) electrons. The fourth-order valence-electron chi connectivity index (χ4n) is 2.21. The Balaban J connectivity index is 1.85. The van der Waals surface area contributed by atoms with Crippen molar-refractivity contribution in [3.05, 3.63) is 24.3 Å². The zero-order valence-electron chi connectivity index (χ0n) is 10.6. The van der Waals surface area contributed by atoms with Crippen LogP contribution in [0.5, 0.6) is 0 Å². The van der Waals surface area contributed by atoms with Gasteiger partial charge >= 0.3 is 0 Å². The standard InChI is InChI=1S/C13H18N2O3S/c16-13(9-10-5-7-14-8-6-10)15-11-1-3-12(4-2-11)19(17)18/h1-4,10,14H,5-9H2,(H,15,16)(H,17,18)/p-1. The van der Waals surface area contributed by atoms with Crippen molar-refractivity contribution in [2.45, 2.75) is 24.2 Å². The van der Waals surface area contributed by atoms with E-state index in [1.54, 1.807) is 12.1 Å². The van der Waals surface area contributed by atoms with E-state index in [4.69, 9.17) is 0 Å². The van der Waals surface area contributed by atoms with Crippen LogP contribution in [0, 0.1) is 5.92 Å². The smallest absolute Gasteiger partial charge is 0.224 e. The summed E-state index contributed by atoms with van der Waals surface area (Å²) in [6.07, 6.45) is 2.58. The molecule has 104 valence electrons. The van der Waals surface area contributed by atoms with Crippen LogP contribution in [0.4, 0.5) is 5.69 Å². The van der Waals surface area contributed by atoms with Gasteiger partial charge in [0.25, 0.3) is 0 Å². The summed E-state index contributed by atoms with van der Waals surface area (Å²) in [5.74, 6) is 0.428. The van der Waals surface area contributed by atoms with Gasteiger partial charge in [0.15, 0.2) is 0 Å². The van der Waals surface area contributed by atoms with Gasteiger partial charge in [0, 0.05) is 17.0 Å². The predicted molar refractivity (Wildman–Crippen MR) is 72.5 cm³/mol. The van der Waals surface area contributed by atoms with Gasteiger partial charge in [-0.25, -0.2) is 0 Å². The molecule has 2 rings (SSSR count). The van der Waals surface area contributed by atoms with E-state index < -0.39 is 11.1 Å². The lowest BCUT2D eigenvalue weighted by Gasteiger charge is -2.21. The maximum Gasteiger partial charge on any atom is 0.224 e. The van der Waals surface area contributed by atoms with Crippen LogP contribution in [0.3, 0.4) is 0 Å². The molecule has 1 aliphatic rings. The molecular formula is C13H17N2O3S-. The third-order valence-electron chi connectivity index (χ3n) is 3.26. The Hall–Kier alpha value is -1.24. The highest BCUT2D eigenvalue weighted by Crippen LogP contribution is 2.17. The molecule has 1 unspecified atom stereocenters. The van der Waals surface area contributed by atoms with E-state index >= 15 is 0 Å². The second-order valence-electron chi connectivity index (χ2n) is 4.70. The predicted octanol–water partition coefficient (Wildman–Crippen LogP) is 1.25. The average Bonchev–Trinajstić information content (AvgIpc) is 2.40. The maximum absolute atomic E-state index is 11.8. The molecule has 6 heteroatoms. The third-order valence-corrected chi connectivity index (χ3v) is 3.92. The summed E-state index contributed by atoms with van der Waals surface area (Å²) in [7, 11) is 0. The van der Waals surface area contributed by atoms with Gasteiger partial charge in [-0.05, 0) is 67.2 Å². The first-order chi connectivity index (χ1) is 9.15. The molecule has 5 nitrogen and oxygen atoms in total. The van der Waals surface area contributed by atoms with Crippen LogP contribution in [0.1, 0.15) is 19.3 Å². The Morgan fingerprint density at radius 2 is 1.95 bits per heavy atom. The maximum atomic E-state index is 11.8. The number of piperidine rings is 1. The molecule has 1 aromatic rings. The molecule has 0 spiro atoms. The number of anilines is 1. The SMILES string of the molecule is O=C(CC1CCNCC1)Nc1ccc(S(=O)[O-])cc1. The molecule has 1 heterocycles. The van der Waals surface area contributed by atoms with Crippen LogP contribution in [0.25, 0.3) is 0 Å².